The second-order valence-corrected chi connectivity index (χ2v) is 7.74. The highest BCUT2D eigenvalue weighted by Crippen LogP contribution is 2.32. The zero-order chi connectivity index (χ0) is 22.1. The molecule has 1 aromatic carbocycles. The van der Waals surface area contributed by atoms with Crippen LogP contribution in [0, 0.1) is 0 Å². The molecule has 3 heterocycles. The summed E-state index contributed by atoms with van der Waals surface area (Å²) in [6.45, 7) is 3.62. The monoisotopic (exact) mass is 440 g/mol. The number of hydrogen-bond acceptors (Lipinski definition) is 8. The molecule has 0 radical (unpaired) electrons. The molecule has 8 nitrogen and oxygen atoms in total. The molecule has 2 aromatic heterocycles. The number of phenols is 1. The van der Waals surface area contributed by atoms with E-state index >= 15 is 0 Å². The number of carbonyl (C=O) groups is 1. The fourth-order valence-corrected chi connectivity index (χ4v) is 4.44. The minimum absolute atomic E-state index is 0.0102. The number of methoxy groups -OCH3 is 1. The second-order valence-electron chi connectivity index (χ2n) is 6.73. The first kappa shape index (κ1) is 20.7. The standard InChI is InChI=1S/C22H20N2O6S/c1-4-29-21(27)18-12(2)24-20(26)17(11-13-7-8-14(25)16(10-13)28-3)31-22(24)23-19(18)15-6-5-9-30-15/h5-11,19,25H,4H2,1-3H3/b17-11-/t19-/m1/s1. The van der Waals surface area contributed by atoms with E-state index in [1.165, 1.54) is 35.3 Å². The summed E-state index contributed by atoms with van der Waals surface area (Å²) in [5.74, 6) is 0.264. The number of thiazole rings is 1. The lowest BCUT2D eigenvalue weighted by molar-refractivity contribution is -0.138. The largest absolute Gasteiger partial charge is 0.504 e. The minimum Gasteiger partial charge on any atom is -0.504 e. The topological polar surface area (TPSA) is 103 Å². The van der Waals surface area contributed by atoms with Crippen LogP contribution >= 0.6 is 11.3 Å². The Hall–Kier alpha value is -3.59. The number of benzene rings is 1. The van der Waals surface area contributed by atoms with Crippen LogP contribution in [0.3, 0.4) is 0 Å². The summed E-state index contributed by atoms with van der Waals surface area (Å²) in [7, 11) is 1.45. The Morgan fingerprint density at radius 1 is 1.39 bits per heavy atom. The molecular formula is C22H20N2O6S. The van der Waals surface area contributed by atoms with Gasteiger partial charge in [-0.05, 0) is 49.8 Å². The molecule has 0 saturated heterocycles. The Labute approximate surface area is 181 Å². The van der Waals surface area contributed by atoms with E-state index in [2.05, 4.69) is 4.99 Å². The first-order valence-corrected chi connectivity index (χ1v) is 10.4. The molecule has 0 unspecified atom stereocenters. The van der Waals surface area contributed by atoms with Crippen molar-refractivity contribution in [1.29, 1.82) is 0 Å². The summed E-state index contributed by atoms with van der Waals surface area (Å²) in [6, 6.07) is 7.56. The Balaban J connectivity index is 1.92. The molecule has 9 heteroatoms. The van der Waals surface area contributed by atoms with Crippen LogP contribution in [0.5, 0.6) is 11.5 Å². The molecule has 0 amide bonds. The number of esters is 1. The lowest BCUT2D eigenvalue weighted by Gasteiger charge is -2.20. The highest BCUT2D eigenvalue weighted by atomic mass is 32.1. The van der Waals surface area contributed by atoms with Gasteiger partial charge in [-0.15, -0.1) is 0 Å². The van der Waals surface area contributed by atoms with Crippen LogP contribution in [0.25, 0.3) is 11.8 Å². The smallest absolute Gasteiger partial charge is 0.338 e. The molecule has 0 spiro atoms. The van der Waals surface area contributed by atoms with Crippen LogP contribution in [0.4, 0.5) is 0 Å². The minimum atomic E-state index is -0.700. The summed E-state index contributed by atoms with van der Waals surface area (Å²) in [5.41, 5.74) is 1.10. The van der Waals surface area contributed by atoms with Crippen molar-refractivity contribution in [3.63, 3.8) is 0 Å². The van der Waals surface area contributed by atoms with Crippen LogP contribution in [0.15, 0.2) is 56.4 Å². The number of nitrogens with zero attached hydrogens (tertiary/aromatic N) is 2. The van der Waals surface area contributed by atoms with Crippen molar-refractivity contribution in [1.82, 2.24) is 4.57 Å². The van der Waals surface area contributed by atoms with Crippen molar-refractivity contribution in [2.75, 3.05) is 13.7 Å². The van der Waals surface area contributed by atoms with Gasteiger partial charge in [0.15, 0.2) is 16.3 Å². The summed E-state index contributed by atoms with van der Waals surface area (Å²) < 4.78 is 17.7. The van der Waals surface area contributed by atoms with Gasteiger partial charge in [0.1, 0.15) is 11.8 Å². The summed E-state index contributed by atoms with van der Waals surface area (Å²) in [4.78, 5) is 30.9. The number of allylic oxidation sites excluding steroid dienone is 1. The van der Waals surface area contributed by atoms with Crippen molar-refractivity contribution in [2.24, 2.45) is 4.99 Å². The van der Waals surface area contributed by atoms with Gasteiger partial charge in [0.2, 0.25) is 0 Å². The number of furan rings is 1. The van der Waals surface area contributed by atoms with Crippen LogP contribution in [-0.2, 0) is 9.53 Å². The van der Waals surface area contributed by atoms with Crippen LogP contribution in [0.2, 0.25) is 0 Å². The van der Waals surface area contributed by atoms with E-state index in [0.29, 0.717) is 32.1 Å². The fraction of sp³-hybridized carbons (Fsp3) is 0.227. The number of fused-ring (bicyclic) bond motifs is 1. The predicted molar refractivity (Wildman–Crippen MR) is 115 cm³/mol. The molecule has 0 bridgehead atoms. The van der Waals surface area contributed by atoms with Crippen LogP contribution < -0.4 is 19.6 Å². The maximum absolute atomic E-state index is 13.2. The quantitative estimate of drug-likeness (QED) is 0.610. The average Bonchev–Trinajstić information content (AvgIpc) is 3.38. The highest BCUT2D eigenvalue weighted by Gasteiger charge is 2.32. The van der Waals surface area contributed by atoms with Gasteiger partial charge in [-0.1, -0.05) is 17.4 Å². The van der Waals surface area contributed by atoms with Crippen molar-refractivity contribution in [3.8, 4) is 11.5 Å². The van der Waals surface area contributed by atoms with Gasteiger partial charge < -0.3 is 19.0 Å². The van der Waals surface area contributed by atoms with Gasteiger partial charge in [0.25, 0.3) is 5.56 Å². The van der Waals surface area contributed by atoms with Gasteiger partial charge in [0, 0.05) is 5.70 Å². The molecular weight excluding hydrogens is 420 g/mol. The SMILES string of the molecule is CCOC(=O)C1=C(C)n2c(s/c(=C\c3ccc(O)c(OC)c3)c2=O)=N[C@@H]1c1ccco1. The van der Waals surface area contributed by atoms with Gasteiger partial charge in [-0.25, -0.2) is 9.79 Å². The average molecular weight is 440 g/mol. The van der Waals surface area contributed by atoms with E-state index < -0.39 is 12.0 Å². The van der Waals surface area contributed by atoms with E-state index in [0.717, 1.165) is 0 Å². The zero-order valence-electron chi connectivity index (χ0n) is 17.1. The third kappa shape index (κ3) is 3.68. The summed E-state index contributed by atoms with van der Waals surface area (Å²) in [5, 5.41) is 9.79. The summed E-state index contributed by atoms with van der Waals surface area (Å²) >= 11 is 1.20. The Kier molecular flexibility index (Phi) is 5.51. The number of carbonyl (C=O) groups excluding carboxylic acids is 1. The van der Waals surface area contributed by atoms with E-state index in [9.17, 15) is 14.7 Å². The maximum Gasteiger partial charge on any atom is 0.338 e. The van der Waals surface area contributed by atoms with E-state index in [4.69, 9.17) is 13.9 Å². The Bertz CT molecular complexity index is 1350. The molecule has 0 aliphatic carbocycles. The fourth-order valence-electron chi connectivity index (χ4n) is 3.41. The number of rotatable bonds is 5. The normalized spacial score (nSPS) is 16.1. The second kappa shape index (κ2) is 8.27. The van der Waals surface area contributed by atoms with Crippen molar-refractivity contribution >= 4 is 29.1 Å². The molecule has 0 saturated carbocycles. The van der Waals surface area contributed by atoms with Crippen LogP contribution in [-0.4, -0.2) is 29.4 Å². The molecule has 31 heavy (non-hydrogen) atoms. The van der Waals surface area contributed by atoms with Gasteiger partial charge >= 0.3 is 5.97 Å². The summed E-state index contributed by atoms with van der Waals surface area (Å²) in [6.07, 6.45) is 3.20. The molecule has 4 rings (SSSR count). The Morgan fingerprint density at radius 2 is 2.19 bits per heavy atom. The van der Waals surface area contributed by atoms with E-state index in [-0.39, 0.29) is 23.5 Å². The van der Waals surface area contributed by atoms with Crippen LogP contribution in [0.1, 0.15) is 31.2 Å². The zero-order valence-corrected chi connectivity index (χ0v) is 17.9. The first-order chi connectivity index (χ1) is 14.9. The van der Waals surface area contributed by atoms with E-state index in [1.807, 2.05) is 0 Å². The van der Waals surface area contributed by atoms with Crippen molar-refractivity contribution in [2.45, 2.75) is 19.9 Å². The van der Waals surface area contributed by atoms with Gasteiger partial charge in [0.05, 0.1) is 30.1 Å². The first-order valence-electron chi connectivity index (χ1n) is 9.54. The van der Waals surface area contributed by atoms with Crippen molar-refractivity contribution < 1.29 is 23.8 Å². The van der Waals surface area contributed by atoms with Gasteiger partial charge in [-0.2, -0.15) is 0 Å². The van der Waals surface area contributed by atoms with Gasteiger partial charge in [-0.3, -0.25) is 9.36 Å². The number of ether oxygens (including phenoxy) is 2. The maximum atomic E-state index is 13.2. The Morgan fingerprint density at radius 3 is 2.87 bits per heavy atom. The molecule has 3 aromatic rings. The predicted octanol–water partition coefficient (Wildman–Crippen LogP) is 2.21. The lowest BCUT2D eigenvalue weighted by atomic mass is 10.0. The molecule has 1 N–H and O–H groups in total. The third-order valence-electron chi connectivity index (χ3n) is 4.85. The van der Waals surface area contributed by atoms with Crippen molar-refractivity contribution in [3.05, 3.63) is 73.2 Å². The molecule has 160 valence electrons. The number of aromatic nitrogens is 1. The number of hydrogen-bond donors (Lipinski definition) is 1. The molecule has 1 aliphatic rings. The number of phenolic OH excluding ortho intramolecular Hbond substituents is 1. The molecule has 1 aliphatic heterocycles. The lowest BCUT2D eigenvalue weighted by Crippen LogP contribution is -2.35. The number of aromatic hydroxyl groups is 1. The molecule has 1 atom stereocenters. The van der Waals surface area contributed by atoms with E-state index in [1.54, 1.807) is 44.2 Å². The molecule has 0 fully saturated rings. The third-order valence-corrected chi connectivity index (χ3v) is 5.84. The highest BCUT2D eigenvalue weighted by molar-refractivity contribution is 7.07.